The normalized spacial score (nSPS) is 15.0. The molecule has 0 bridgehead atoms. The number of aryl methyl sites for hydroxylation is 1. The first-order valence-electron chi connectivity index (χ1n) is 9.69. The Bertz CT molecular complexity index is 1330. The Kier molecular flexibility index (Phi) is 5.76. The molecule has 10 heteroatoms. The van der Waals surface area contributed by atoms with Gasteiger partial charge in [0.1, 0.15) is 22.8 Å². The molecule has 1 aromatic heterocycles. The second-order valence-electron chi connectivity index (χ2n) is 7.11. The number of non-ortho nitro benzene ring substituents is 1. The molecule has 2 amide bonds. The number of carbonyl (C=O) groups excluding carboxylic acids is 2. The highest BCUT2D eigenvalue weighted by atomic mass is 32.1. The van der Waals surface area contributed by atoms with Crippen LogP contribution >= 0.6 is 12.2 Å². The third-order valence-electron chi connectivity index (χ3n) is 5.04. The molecule has 1 N–H and O–H groups in total. The molecule has 3 aromatic rings. The van der Waals surface area contributed by atoms with Gasteiger partial charge in [0.15, 0.2) is 5.11 Å². The van der Waals surface area contributed by atoms with E-state index in [4.69, 9.17) is 21.4 Å². The molecular weight excluding hydrogens is 446 g/mol. The van der Waals surface area contributed by atoms with Gasteiger partial charge in [-0.25, -0.2) is 0 Å². The van der Waals surface area contributed by atoms with Crippen LogP contribution in [0.3, 0.4) is 0 Å². The molecule has 166 valence electrons. The van der Waals surface area contributed by atoms with Crippen LogP contribution in [0.1, 0.15) is 11.3 Å². The van der Waals surface area contributed by atoms with Gasteiger partial charge in [0.2, 0.25) is 0 Å². The van der Waals surface area contributed by atoms with Gasteiger partial charge in [0.05, 0.1) is 17.7 Å². The first-order chi connectivity index (χ1) is 15.8. The molecule has 33 heavy (non-hydrogen) atoms. The first kappa shape index (κ1) is 21.9. The standard InChI is InChI=1S/C23H17N3O6S/c1-13-3-4-15(26(29)30)11-18(13)20-10-9-17(32-20)12-19-21(27)24-23(33)25(22(19)28)14-5-7-16(31-2)8-6-14/h3-12H,1-2H3,(H,24,27,33)/b19-12-. The zero-order valence-electron chi connectivity index (χ0n) is 17.5. The number of nitro groups is 1. The average molecular weight is 463 g/mol. The number of anilines is 1. The minimum absolute atomic E-state index is 0.0420. The molecule has 0 aliphatic carbocycles. The monoisotopic (exact) mass is 463 g/mol. The van der Waals surface area contributed by atoms with Gasteiger partial charge in [-0.15, -0.1) is 0 Å². The fourth-order valence-electron chi connectivity index (χ4n) is 3.33. The summed E-state index contributed by atoms with van der Waals surface area (Å²) in [6.07, 6.45) is 1.31. The molecule has 0 unspecified atom stereocenters. The molecule has 0 atom stereocenters. The maximum Gasteiger partial charge on any atom is 0.270 e. The SMILES string of the molecule is COc1ccc(N2C(=O)/C(=C\c3ccc(-c4cc([N+](=O)[O-])ccc4C)o3)C(=O)NC2=S)cc1. The maximum absolute atomic E-state index is 13.1. The Labute approximate surface area is 193 Å². The average Bonchev–Trinajstić information content (AvgIpc) is 3.25. The second kappa shape index (κ2) is 8.67. The molecule has 9 nitrogen and oxygen atoms in total. The van der Waals surface area contributed by atoms with Gasteiger partial charge in [-0.05, 0) is 67.2 Å². The molecule has 4 rings (SSSR count). The Hall–Kier alpha value is -4.31. The summed E-state index contributed by atoms with van der Waals surface area (Å²) in [4.78, 5) is 37.4. The minimum Gasteiger partial charge on any atom is -0.497 e. The van der Waals surface area contributed by atoms with Gasteiger partial charge in [0.25, 0.3) is 17.5 Å². The third-order valence-corrected chi connectivity index (χ3v) is 5.33. The highest BCUT2D eigenvalue weighted by molar-refractivity contribution is 7.80. The number of rotatable bonds is 5. The fourth-order valence-corrected chi connectivity index (χ4v) is 3.61. The summed E-state index contributed by atoms with van der Waals surface area (Å²) >= 11 is 5.19. The molecule has 1 aliphatic rings. The molecule has 1 aliphatic heterocycles. The van der Waals surface area contributed by atoms with E-state index < -0.39 is 16.7 Å². The summed E-state index contributed by atoms with van der Waals surface area (Å²) in [5.74, 6) is -0.0581. The largest absolute Gasteiger partial charge is 0.497 e. The second-order valence-corrected chi connectivity index (χ2v) is 7.50. The minimum atomic E-state index is -0.653. The van der Waals surface area contributed by atoms with Crippen molar-refractivity contribution in [3.63, 3.8) is 0 Å². The quantitative estimate of drug-likeness (QED) is 0.200. The number of nitrogens with one attached hydrogen (secondary N) is 1. The van der Waals surface area contributed by atoms with E-state index in [1.165, 1.54) is 30.2 Å². The van der Waals surface area contributed by atoms with Crippen LogP contribution in [0.4, 0.5) is 11.4 Å². The van der Waals surface area contributed by atoms with Crippen molar-refractivity contribution >= 4 is 46.6 Å². The molecule has 2 aromatic carbocycles. The van der Waals surface area contributed by atoms with Gasteiger partial charge in [0, 0.05) is 17.7 Å². The Morgan fingerprint density at radius 1 is 1.12 bits per heavy atom. The molecule has 0 spiro atoms. The number of furan rings is 1. The lowest BCUT2D eigenvalue weighted by atomic mass is 10.1. The summed E-state index contributed by atoms with van der Waals surface area (Å²) in [6, 6.07) is 14.3. The number of hydrogen-bond donors (Lipinski definition) is 1. The number of nitro benzene ring substituents is 1. The van der Waals surface area contributed by atoms with Crippen LogP contribution in [0.2, 0.25) is 0 Å². The van der Waals surface area contributed by atoms with Crippen molar-refractivity contribution < 1.29 is 23.7 Å². The van der Waals surface area contributed by atoms with Crippen molar-refractivity contribution in [1.82, 2.24) is 5.32 Å². The van der Waals surface area contributed by atoms with Crippen LogP contribution in [0.15, 0.2) is 64.6 Å². The number of thiocarbonyl (C=S) groups is 1. The number of hydrogen-bond acceptors (Lipinski definition) is 7. The van der Waals surface area contributed by atoms with Gasteiger partial charge in [-0.1, -0.05) is 6.07 Å². The van der Waals surface area contributed by atoms with Crippen LogP contribution in [-0.2, 0) is 9.59 Å². The van der Waals surface area contributed by atoms with E-state index >= 15 is 0 Å². The van der Waals surface area contributed by atoms with E-state index in [0.29, 0.717) is 22.8 Å². The van der Waals surface area contributed by atoms with Crippen LogP contribution in [-0.4, -0.2) is 29.0 Å². The van der Waals surface area contributed by atoms with E-state index in [2.05, 4.69) is 5.32 Å². The zero-order valence-corrected chi connectivity index (χ0v) is 18.3. The predicted molar refractivity (Wildman–Crippen MR) is 125 cm³/mol. The highest BCUT2D eigenvalue weighted by Gasteiger charge is 2.34. The molecule has 0 saturated carbocycles. The van der Waals surface area contributed by atoms with Crippen LogP contribution in [0.5, 0.6) is 5.75 Å². The number of ether oxygens (including phenoxy) is 1. The van der Waals surface area contributed by atoms with Crippen molar-refractivity contribution in [2.75, 3.05) is 12.0 Å². The van der Waals surface area contributed by atoms with Crippen molar-refractivity contribution in [1.29, 1.82) is 0 Å². The predicted octanol–water partition coefficient (Wildman–Crippen LogP) is 4.00. The topological polar surface area (TPSA) is 115 Å². The summed E-state index contributed by atoms with van der Waals surface area (Å²) in [6.45, 7) is 1.80. The lowest BCUT2D eigenvalue weighted by Gasteiger charge is -2.28. The summed E-state index contributed by atoms with van der Waals surface area (Å²) < 4.78 is 10.9. The Balaban J connectivity index is 1.67. The summed E-state index contributed by atoms with van der Waals surface area (Å²) in [5.41, 5.74) is 1.53. The smallest absolute Gasteiger partial charge is 0.270 e. The molecular formula is C23H17N3O6S. The van der Waals surface area contributed by atoms with Gasteiger partial charge < -0.3 is 9.15 Å². The number of benzene rings is 2. The maximum atomic E-state index is 13.1. The number of methoxy groups -OCH3 is 1. The molecule has 1 saturated heterocycles. The summed E-state index contributed by atoms with van der Waals surface area (Å²) in [5, 5.41) is 13.6. The number of nitrogens with zero attached hydrogens (tertiary/aromatic N) is 2. The first-order valence-corrected chi connectivity index (χ1v) is 10.1. The van der Waals surface area contributed by atoms with E-state index in [-0.39, 0.29) is 22.1 Å². The van der Waals surface area contributed by atoms with E-state index in [0.717, 1.165) is 5.56 Å². The molecule has 1 fully saturated rings. The van der Waals surface area contributed by atoms with Crippen molar-refractivity contribution in [3.8, 4) is 17.1 Å². The molecule has 0 radical (unpaired) electrons. The van der Waals surface area contributed by atoms with Gasteiger partial charge in [-0.2, -0.15) is 0 Å². The number of carbonyl (C=O) groups is 2. The molecule has 2 heterocycles. The lowest BCUT2D eigenvalue weighted by Crippen LogP contribution is -2.54. The third kappa shape index (κ3) is 4.23. The van der Waals surface area contributed by atoms with Crippen LogP contribution < -0.4 is 15.0 Å². The van der Waals surface area contributed by atoms with Crippen LogP contribution in [0, 0.1) is 17.0 Å². The van der Waals surface area contributed by atoms with E-state index in [1.807, 2.05) is 0 Å². The zero-order chi connectivity index (χ0) is 23.7. The van der Waals surface area contributed by atoms with E-state index in [1.54, 1.807) is 49.4 Å². The van der Waals surface area contributed by atoms with Gasteiger partial charge >= 0.3 is 0 Å². The Morgan fingerprint density at radius 3 is 2.52 bits per heavy atom. The van der Waals surface area contributed by atoms with Crippen molar-refractivity contribution in [3.05, 3.63) is 81.6 Å². The van der Waals surface area contributed by atoms with Crippen LogP contribution in [0.25, 0.3) is 17.4 Å². The van der Waals surface area contributed by atoms with Gasteiger partial charge in [-0.3, -0.25) is 29.9 Å². The van der Waals surface area contributed by atoms with Crippen molar-refractivity contribution in [2.45, 2.75) is 6.92 Å². The Morgan fingerprint density at radius 2 is 1.85 bits per heavy atom. The van der Waals surface area contributed by atoms with Crippen molar-refractivity contribution in [2.24, 2.45) is 0 Å². The fraction of sp³-hybridized carbons (Fsp3) is 0.0870. The lowest BCUT2D eigenvalue weighted by molar-refractivity contribution is -0.384. The van der Waals surface area contributed by atoms with E-state index in [9.17, 15) is 19.7 Å². The number of amides is 2. The highest BCUT2D eigenvalue weighted by Crippen LogP contribution is 2.30. The summed E-state index contributed by atoms with van der Waals surface area (Å²) in [7, 11) is 1.53.